The maximum Gasteiger partial charge on any atom is 0.331 e. The summed E-state index contributed by atoms with van der Waals surface area (Å²) < 4.78 is 9.94. The van der Waals surface area contributed by atoms with Crippen molar-refractivity contribution >= 4 is 12.0 Å². The van der Waals surface area contributed by atoms with Crippen molar-refractivity contribution in [2.75, 3.05) is 33.4 Å². The van der Waals surface area contributed by atoms with Gasteiger partial charge in [-0.05, 0) is 13.3 Å². The van der Waals surface area contributed by atoms with E-state index in [0.29, 0.717) is 32.7 Å². The lowest BCUT2D eigenvalue weighted by Crippen LogP contribution is -2.58. The van der Waals surface area contributed by atoms with Gasteiger partial charge in [-0.15, -0.1) is 0 Å². The predicted molar refractivity (Wildman–Crippen MR) is 66.3 cm³/mol. The van der Waals surface area contributed by atoms with Crippen molar-refractivity contribution in [1.29, 1.82) is 0 Å². The van der Waals surface area contributed by atoms with Gasteiger partial charge in [-0.1, -0.05) is 13.3 Å². The SMILES string of the molecule is CCCC(C)(NC(=O)N1CCOCC1)C(=O)OC. The Balaban J connectivity index is 2.64. The first kappa shape index (κ1) is 14.8. The summed E-state index contributed by atoms with van der Waals surface area (Å²) in [6.07, 6.45) is 1.34. The number of rotatable bonds is 4. The Morgan fingerprint density at radius 2 is 2.00 bits per heavy atom. The molecule has 0 aromatic carbocycles. The van der Waals surface area contributed by atoms with Crippen LogP contribution in [-0.2, 0) is 14.3 Å². The van der Waals surface area contributed by atoms with Crippen LogP contribution < -0.4 is 5.32 Å². The molecule has 0 aromatic heterocycles. The topological polar surface area (TPSA) is 67.9 Å². The van der Waals surface area contributed by atoms with Crippen LogP contribution in [0.2, 0.25) is 0 Å². The highest BCUT2D eigenvalue weighted by Gasteiger charge is 2.36. The van der Waals surface area contributed by atoms with Gasteiger partial charge in [0.05, 0.1) is 20.3 Å². The van der Waals surface area contributed by atoms with Gasteiger partial charge in [-0.3, -0.25) is 0 Å². The second-order valence-electron chi connectivity index (χ2n) is 4.60. The van der Waals surface area contributed by atoms with Crippen molar-refractivity contribution in [3.05, 3.63) is 0 Å². The van der Waals surface area contributed by atoms with E-state index >= 15 is 0 Å². The Labute approximate surface area is 108 Å². The monoisotopic (exact) mass is 258 g/mol. The van der Waals surface area contributed by atoms with Crippen molar-refractivity contribution in [1.82, 2.24) is 10.2 Å². The van der Waals surface area contributed by atoms with E-state index in [9.17, 15) is 9.59 Å². The van der Waals surface area contributed by atoms with E-state index in [1.165, 1.54) is 7.11 Å². The molecular formula is C12H22N2O4. The molecule has 2 amide bonds. The van der Waals surface area contributed by atoms with Crippen molar-refractivity contribution in [3.8, 4) is 0 Å². The zero-order chi connectivity index (χ0) is 13.6. The van der Waals surface area contributed by atoms with E-state index in [-0.39, 0.29) is 6.03 Å². The normalized spacial score (nSPS) is 18.9. The number of nitrogens with one attached hydrogen (secondary N) is 1. The lowest BCUT2D eigenvalue weighted by Gasteiger charge is -2.33. The van der Waals surface area contributed by atoms with Gasteiger partial charge in [-0.25, -0.2) is 9.59 Å². The van der Waals surface area contributed by atoms with Crippen LogP contribution in [0.15, 0.2) is 0 Å². The largest absolute Gasteiger partial charge is 0.467 e. The summed E-state index contributed by atoms with van der Waals surface area (Å²) in [5, 5.41) is 2.77. The lowest BCUT2D eigenvalue weighted by atomic mass is 9.96. The highest BCUT2D eigenvalue weighted by Crippen LogP contribution is 2.15. The van der Waals surface area contributed by atoms with Crippen molar-refractivity contribution < 1.29 is 19.1 Å². The zero-order valence-electron chi connectivity index (χ0n) is 11.3. The molecule has 1 aliphatic rings. The van der Waals surface area contributed by atoms with E-state index in [1.807, 2.05) is 6.92 Å². The van der Waals surface area contributed by atoms with Crippen LogP contribution in [0.5, 0.6) is 0 Å². The van der Waals surface area contributed by atoms with Gasteiger partial charge in [0, 0.05) is 13.1 Å². The van der Waals surface area contributed by atoms with Crippen LogP contribution in [0.4, 0.5) is 4.79 Å². The summed E-state index contributed by atoms with van der Waals surface area (Å²) in [7, 11) is 1.33. The molecule has 1 aliphatic heterocycles. The van der Waals surface area contributed by atoms with Crippen LogP contribution in [0.3, 0.4) is 0 Å². The molecular weight excluding hydrogens is 236 g/mol. The molecule has 0 radical (unpaired) electrons. The third-order valence-corrected chi connectivity index (χ3v) is 3.07. The number of hydrogen-bond acceptors (Lipinski definition) is 4. The molecule has 0 aliphatic carbocycles. The summed E-state index contributed by atoms with van der Waals surface area (Å²) in [5.41, 5.74) is -0.959. The molecule has 6 nitrogen and oxygen atoms in total. The van der Waals surface area contributed by atoms with Crippen molar-refractivity contribution in [3.63, 3.8) is 0 Å². The summed E-state index contributed by atoms with van der Waals surface area (Å²) in [6.45, 7) is 5.83. The molecule has 1 saturated heterocycles. The number of carbonyl (C=O) groups is 2. The molecule has 0 saturated carbocycles. The molecule has 1 unspecified atom stereocenters. The minimum Gasteiger partial charge on any atom is -0.467 e. The van der Waals surface area contributed by atoms with Gasteiger partial charge < -0.3 is 19.7 Å². The van der Waals surface area contributed by atoms with Crippen LogP contribution in [-0.4, -0.2) is 55.9 Å². The number of morpholine rings is 1. The maximum absolute atomic E-state index is 12.1. The average Bonchev–Trinajstić information content (AvgIpc) is 2.39. The summed E-state index contributed by atoms with van der Waals surface area (Å²) >= 11 is 0. The number of ether oxygens (including phenoxy) is 2. The number of nitrogens with zero attached hydrogens (tertiary/aromatic N) is 1. The van der Waals surface area contributed by atoms with E-state index in [2.05, 4.69) is 5.32 Å². The number of hydrogen-bond donors (Lipinski definition) is 1. The molecule has 18 heavy (non-hydrogen) atoms. The van der Waals surface area contributed by atoms with Gasteiger partial charge >= 0.3 is 12.0 Å². The zero-order valence-corrected chi connectivity index (χ0v) is 11.3. The quantitative estimate of drug-likeness (QED) is 0.756. The molecule has 1 N–H and O–H groups in total. The minimum atomic E-state index is -0.959. The third kappa shape index (κ3) is 3.60. The van der Waals surface area contributed by atoms with Crippen LogP contribution in [0.25, 0.3) is 0 Å². The van der Waals surface area contributed by atoms with E-state index in [0.717, 1.165) is 6.42 Å². The lowest BCUT2D eigenvalue weighted by molar-refractivity contribution is -0.147. The molecule has 1 heterocycles. The molecule has 1 fully saturated rings. The third-order valence-electron chi connectivity index (χ3n) is 3.07. The number of methoxy groups -OCH3 is 1. The molecule has 1 rings (SSSR count). The molecule has 1 atom stereocenters. The molecule has 6 heteroatoms. The van der Waals surface area contributed by atoms with Crippen molar-refractivity contribution in [2.24, 2.45) is 0 Å². The average molecular weight is 258 g/mol. The molecule has 0 bridgehead atoms. The van der Waals surface area contributed by atoms with Crippen LogP contribution in [0, 0.1) is 0 Å². The Hall–Kier alpha value is -1.30. The highest BCUT2D eigenvalue weighted by atomic mass is 16.5. The number of amides is 2. The Morgan fingerprint density at radius 3 is 2.50 bits per heavy atom. The van der Waals surface area contributed by atoms with Crippen LogP contribution in [0.1, 0.15) is 26.7 Å². The Bertz CT molecular complexity index is 302. The predicted octanol–water partition coefficient (Wildman–Crippen LogP) is 0.760. The molecule has 104 valence electrons. The highest BCUT2D eigenvalue weighted by molar-refractivity contribution is 5.87. The first-order valence-corrected chi connectivity index (χ1v) is 6.26. The van der Waals surface area contributed by atoms with Gasteiger partial charge in [0.25, 0.3) is 0 Å². The standard InChI is InChI=1S/C12H22N2O4/c1-4-5-12(2,10(15)17-3)13-11(16)14-6-8-18-9-7-14/h4-9H2,1-3H3,(H,13,16). The molecule has 0 aromatic rings. The Kier molecular flexibility index (Phi) is 5.40. The first-order valence-electron chi connectivity index (χ1n) is 6.26. The van der Waals surface area contributed by atoms with Crippen LogP contribution >= 0.6 is 0 Å². The maximum atomic E-state index is 12.1. The van der Waals surface area contributed by atoms with Gasteiger partial charge in [0.15, 0.2) is 0 Å². The van der Waals surface area contributed by atoms with Gasteiger partial charge in [0.2, 0.25) is 0 Å². The van der Waals surface area contributed by atoms with E-state index in [1.54, 1.807) is 11.8 Å². The fourth-order valence-corrected chi connectivity index (χ4v) is 2.02. The first-order chi connectivity index (χ1) is 8.53. The second kappa shape index (κ2) is 6.58. The van der Waals surface area contributed by atoms with E-state index < -0.39 is 11.5 Å². The smallest absolute Gasteiger partial charge is 0.331 e. The second-order valence-corrected chi connectivity index (χ2v) is 4.60. The summed E-state index contributed by atoms with van der Waals surface area (Å²) in [5.74, 6) is -0.411. The van der Waals surface area contributed by atoms with Gasteiger partial charge in [-0.2, -0.15) is 0 Å². The van der Waals surface area contributed by atoms with E-state index in [4.69, 9.17) is 9.47 Å². The molecule has 0 spiro atoms. The Morgan fingerprint density at radius 1 is 1.39 bits per heavy atom. The number of urea groups is 1. The fourth-order valence-electron chi connectivity index (χ4n) is 2.02. The van der Waals surface area contributed by atoms with Gasteiger partial charge in [0.1, 0.15) is 5.54 Å². The summed E-state index contributed by atoms with van der Waals surface area (Å²) in [4.78, 5) is 25.5. The number of carbonyl (C=O) groups excluding carboxylic acids is 2. The minimum absolute atomic E-state index is 0.236. The van der Waals surface area contributed by atoms with Crippen molar-refractivity contribution in [2.45, 2.75) is 32.2 Å². The summed E-state index contributed by atoms with van der Waals surface area (Å²) in [6, 6.07) is -0.236. The fraction of sp³-hybridized carbons (Fsp3) is 0.833. The number of esters is 1.